The molecule has 158 valence electrons. The lowest BCUT2D eigenvalue weighted by molar-refractivity contribution is -0.192. The summed E-state index contributed by atoms with van der Waals surface area (Å²) in [4.78, 5) is 24.0. The second kappa shape index (κ2) is 8.04. The van der Waals surface area contributed by atoms with Gasteiger partial charge in [-0.15, -0.1) is 10.2 Å². The van der Waals surface area contributed by atoms with E-state index in [4.69, 9.17) is 9.90 Å². The quantitative estimate of drug-likeness (QED) is 0.796. The molecule has 2 N–H and O–H groups in total. The minimum absolute atomic E-state index is 0.110. The maximum Gasteiger partial charge on any atom is 0.490 e. The van der Waals surface area contributed by atoms with E-state index in [1.807, 2.05) is 13.8 Å². The van der Waals surface area contributed by atoms with Crippen LogP contribution in [0.3, 0.4) is 0 Å². The molecule has 2 heterocycles. The predicted octanol–water partition coefficient (Wildman–Crippen LogP) is 2.58. The predicted molar refractivity (Wildman–Crippen MR) is 92.0 cm³/mol. The summed E-state index contributed by atoms with van der Waals surface area (Å²) in [5, 5.41) is 21.1. The number of nitrogens with zero attached hydrogens (tertiary/aromatic N) is 4. The molecule has 1 aromatic heterocycles. The Kier molecular flexibility index (Phi) is 6.34. The fraction of sp³-hybridized carbons (Fsp3) is 0.824. The minimum atomic E-state index is -5.08. The normalized spacial score (nSPS) is 24.5. The van der Waals surface area contributed by atoms with E-state index in [1.54, 1.807) is 0 Å². The van der Waals surface area contributed by atoms with Crippen LogP contribution in [0.4, 0.5) is 13.2 Å². The van der Waals surface area contributed by atoms with E-state index in [9.17, 15) is 18.0 Å². The number of nitrogens with one attached hydrogen (secondary N) is 1. The van der Waals surface area contributed by atoms with Crippen molar-refractivity contribution in [2.24, 2.45) is 11.3 Å². The lowest BCUT2D eigenvalue weighted by Crippen LogP contribution is -2.70. The number of hydrogen-bond donors (Lipinski definition) is 2. The van der Waals surface area contributed by atoms with Crippen LogP contribution in [-0.4, -0.2) is 60.8 Å². The van der Waals surface area contributed by atoms with E-state index in [-0.39, 0.29) is 16.9 Å². The SMILES string of the molecule is CC(C)(CCc1nn[nH]n1)C(=O)N1C[C@@H]2CCCC[C@@]21C.O=C(O)C(F)(F)F. The number of aromatic amines is 1. The Bertz CT molecular complexity index is 693. The van der Waals surface area contributed by atoms with Gasteiger partial charge < -0.3 is 10.0 Å². The summed E-state index contributed by atoms with van der Waals surface area (Å²) in [6.45, 7) is 7.29. The van der Waals surface area contributed by atoms with E-state index < -0.39 is 12.1 Å². The number of carbonyl (C=O) groups is 2. The number of carbonyl (C=O) groups excluding carboxylic acids is 1. The van der Waals surface area contributed by atoms with Gasteiger partial charge in [0.1, 0.15) is 0 Å². The third-order valence-electron chi connectivity index (χ3n) is 5.81. The van der Waals surface area contributed by atoms with Crippen molar-refractivity contribution in [2.75, 3.05) is 6.54 Å². The first-order valence-electron chi connectivity index (χ1n) is 9.22. The highest BCUT2D eigenvalue weighted by molar-refractivity contribution is 5.83. The smallest absolute Gasteiger partial charge is 0.475 e. The number of rotatable bonds is 4. The zero-order valence-electron chi connectivity index (χ0n) is 16.2. The number of fused-ring (bicyclic) bond motifs is 1. The number of likely N-dealkylation sites (tertiary alicyclic amines) is 1. The fourth-order valence-corrected chi connectivity index (χ4v) is 3.85. The highest BCUT2D eigenvalue weighted by Gasteiger charge is 2.54. The van der Waals surface area contributed by atoms with E-state index >= 15 is 0 Å². The van der Waals surface area contributed by atoms with Crippen LogP contribution in [-0.2, 0) is 16.0 Å². The van der Waals surface area contributed by atoms with Gasteiger partial charge in [-0.1, -0.05) is 31.9 Å². The highest BCUT2D eigenvalue weighted by atomic mass is 19.4. The van der Waals surface area contributed by atoms with Crippen molar-refractivity contribution in [3.63, 3.8) is 0 Å². The number of carboxylic acids is 1. The van der Waals surface area contributed by atoms with Gasteiger partial charge >= 0.3 is 12.1 Å². The Morgan fingerprint density at radius 2 is 1.96 bits per heavy atom. The molecule has 28 heavy (non-hydrogen) atoms. The molecule has 0 aromatic carbocycles. The van der Waals surface area contributed by atoms with Gasteiger partial charge in [0.25, 0.3) is 0 Å². The number of hydrogen-bond acceptors (Lipinski definition) is 5. The van der Waals surface area contributed by atoms with Gasteiger partial charge in [-0.2, -0.15) is 18.4 Å². The highest BCUT2D eigenvalue weighted by Crippen LogP contribution is 2.48. The monoisotopic (exact) mass is 405 g/mol. The molecule has 1 saturated heterocycles. The molecule has 2 atom stereocenters. The molecule has 0 bridgehead atoms. The standard InChI is InChI=1S/C15H25N5O.C2HF3O2/c1-14(2,9-7-12-16-18-19-17-12)13(21)20-10-11-6-4-5-8-15(11,20)3;3-2(4,5)1(6)7/h11H,4-10H2,1-3H3,(H,16,17,18,19);(H,6,7)/t11-,15-;/m0./s1. The number of halogens is 3. The molecule has 8 nitrogen and oxygen atoms in total. The molecule has 2 aliphatic rings. The zero-order chi connectivity index (χ0) is 21.2. The van der Waals surface area contributed by atoms with Crippen molar-refractivity contribution < 1.29 is 27.9 Å². The second-order valence-electron chi connectivity index (χ2n) is 8.23. The van der Waals surface area contributed by atoms with Crippen molar-refractivity contribution in [3.8, 4) is 0 Å². The molecular weight excluding hydrogens is 379 g/mol. The van der Waals surface area contributed by atoms with Crippen LogP contribution in [0.25, 0.3) is 0 Å². The molecule has 1 aliphatic heterocycles. The third-order valence-corrected chi connectivity index (χ3v) is 5.81. The van der Waals surface area contributed by atoms with Gasteiger partial charge in [-0.25, -0.2) is 4.79 Å². The zero-order valence-corrected chi connectivity index (χ0v) is 16.2. The summed E-state index contributed by atoms with van der Waals surface area (Å²) in [5.41, 5.74) is -0.259. The Morgan fingerprint density at radius 1 is 1.32 bits per heavy atom. The van der Waals surface area contributed by atoms with Crippen LogP contribution in [0.2, 0.25) is 0 Å². The van der Waals surface area contributed by atoms with Gasteiger partial charge in [0.15, 0.2) is 5.82 Å². The molecule has 2 fully saturated rings. The summed E-state index contributed by atoms with van der Waals surface area (Å²) in [6, 6.07) is 0. The van der Waals surface area contributed by atoms with Gasteiger partial charge in [-0.05, 0) is 32.1 Å². The van der Waals surface area contributed by atoms with Crippen molar-refractivity contribution in [3.05, 3.63) is 5.82 Å². The number of H-pyrrole nitrogens is 1. The van der Waals surface area contributed by atoms with Crippen LogP contribution >= 0.6 is 0 Å². The second-order valence-corrected chi connectivity index (χ2v) is 8.23. The lowest BCUT2D eigenvalue weighted by Gasteiger charge is -2.61. The van der Waals surface area contributed by atoms with Crippen molar-refractivity contribution in [1.82, 2.24) is 25.5 Å². The lowest BCUT2D eigenvalue weighted by atomic mass is 9.65. The number of alkyl halides is 3. The summed E-state index contributed by atoms with van der Waals surface area (Å²) < 4.78 is 31.7. The molecule has 1 aromatic rings. The van der Waals surface area contributed by atoms with E-state index in [1.165, 1.54) is 19.3 Å². The molecule has 0 unspecified atom stereocenters. The molecule has 1 amide bonds. The Balaban J connectivity index is 0.000000345. The molecule has 0 spiro atoms. The molecule has 1 aliphatic carbocycles. The first-order valence-corrected chi connectivity index (χ1v) is 9.22. The molecule has 0 radical (unpaired) electrons. The first-order chi connectivity index (χ1) is 12.9. The number of aliphatic carboxylic acids is 1. The van der Waals surface area contributed by atoms with Gasteiger partial charge in [0.05, 0.1) is 0 Å². The van der Waals surface area contributed by atoms with Crippen LogP contribution in [0.5, 0.6) is 0 Å². The fourth-order valence-electron chi connectivity index (χ4n) is 3.85. The Hall–Kier alpha value is -2.20. The number of carboxylic acid groups (broad SMARTS) is 1. The van der Waals surface area contributed by atoms with Crippen LogP contribution in [0, 0.1) is 11.3 Å². The maximum absolute atomic E-state index is 12.9. The summed E-state index contributed by atoms with van der Waals surface area (Å²) in [7, 11) is 0. The summed E-state index contributed by atoms with van der Waals surface area (Å²) >= 11 is 0. The van der Waals surface area contributed by atoms with Crippen LogP contribution < -0.4 is 0 Å². The number of aromatic nitrogens is 4. The molecule has 1 saturated carbocycles. The van der Waals surface area contributed by atoms with Gasteiger partial charge in [-0.3, -0.25) is 4.79 Å². The largest absolute Gasteiger partial charge is 0.490 e. The minimum Gasteiger partial charge on any atom is -0.475 e. The molecule has 11 heteroatoms. The molecular formula is C17H26F3N5O3. The van der Waals surface area contributed by atoms with Crippen molar-refractivity contribution in [1.29, 1.82) is 0 Å². The third kappa shape index (κ3) is 4.79. The van der Waals surface area contributed by atoms with E-state index in [2.05, 4.69) is 32.4 Å². The van der Waals surface area contributed by atoms with E-state index in [0.717, 1.165) is 19.4 Å². The van der Waals surface area contributed by atoms with Crippen molar-refractivity contribution >= 4 is 11.9 Å². The average molecular weight is 405 g/mol. The summed E-state index contributed by atoms with van der Waals surface area (Å²) in [6.07, 6.45) is 1.36. The van der Waals surface area contributed by atoms with E-state index in [0.29, 0.717) is 18.2 Å². The van der Waals surface area contributed by atoms with Gasteiger partial charge in [0, 0.05) is 23.9 Å². The van der Waals surface area contributed by atoms with Crippen LogP contribution in [0.15, 0.2) is 0 Å². The Labute approximate surface area is 160 Å². The number of amides is 1. The first kappa shape index (κ1) is 22.1. The topological polar surface area (TPSA) is 112 Å². The number of tetrazole rings is 1. The Morgan fingerprint density at radius 3 is 2.46 bits per heavy atom. The maximum atomic E-state index is 12.9. The summed E-state index contributed by atoms with van der Waals surface area (Å²) in [5.74, 6) is -1.08. The van der Waals surface area contributed by atoms with Crippen molar-refractivity contribution in [2.45, 2.75) is 71.0 Å². The average Bonchev–Trinajstić information content (AvgIpc) is 3.10. The number of aryl methyl sites for hydroxylation is 1. The molecule has 3 rings (SSSR count). The van der Waals surface area contributed by atoms with Gasteiger partial charge in [0.2, 0.25) is 5.91 Å². The van der Waals surface area contributed by atoms with Crippen LogP contribution in [0.1, 0.15) is 58.7 Å².